The zero-order valence-electron chi connectivity index (χ0n) is 34.0. The summed E-state index contributed by atoms with van der Waals surface area (Å²) >= 11 is 0. The van der Waals surface area contributed by atoms with E-state index in [0.717, 1.165) is 110 Å². The second-order valence-electron chi connectivity index (χ2n) is 16.3. The van der Waals surface area contributed by atoms with Gasteiger partial charge in [-0.05, 0) is 60.7 Å². The van der Waals surface area contributed by atoms with Crippen molar-refractivity contribution in [3.63, 3.8) is 0 Å². The van der Waals surface area contributed by atoms with Gasteiger partial charge in [-0.15, -0.1) is 0 Å². The molecule has 0 atom stereocenters. The first-order valence-corrected chi connectivity index (χ1v) is 21.3. The molecule has 7 nitrogen and oxygen atoms in total. The second-order valence-corrected chi connectivity index (χ2v) is 16.3. The number of aromatic nitrogens is 4. The molecule has 0 saturated carbocycles. The molecule has 0 radical (unpaired) electrons. The van der Waals surface area contributed by atoms with Gasteiger partial charge in [0.1, 0.15) is 33.5 Å². The molecule has 5 heterocycles. The predicted octanol–water partition coefficient (Wildman–Crippen LogP) is 15.3. The molecule has 14 rings (SSSR count). The first-order valence-electron chi connectivity index (χ1n) is 21.3. The molecule has 0 N–H and O–H groups in total. The lowest BCUT2D eigenvalue weighted by atomic mass is 9.98. The summed E-state index contributed by atoms with van der Waals surface area (Å²) in [5, 5.41) is 8.48. The molecule has 0 saturated heterocycles. The minimum Gasteiger partial charge on any atom is -0.456 e. The van der Waals surface area contributed by atoms with Crippen molar-refractivity contribution in [1.29, 1.82) is 0 Å². The molecular weight excluding hydrogens is 789 g/mol. The molecule has 0 unspecified atom stereocenters. The van der Waals surface area contributed by atoms with Crippen molar-refractivity contribution < 1.29 is 13.3 Å². The highest BCUT2D eigenvalue weighted by Gasteiger charge is 2.23. The molecular formula is C57H32N4O3. The van der Waals surface area contributed by atoms with Gasteiger partial charge in [0.05, 0.1) is 11.0 Å². The minimum atomic E-state index is 0.526. The fraction of sp³-hybridized carbons (Fsp3) is 0. The zero-order chi connectivity index (χ0) is 41.9. The van der Waals surface area contributed by atoms with Crippen molar-refractivity contribution >= 4 is 87.6 Å². The van der Waals surface area contributed by atoms with Crippen molar-refractivity contribution in [2.45, 2.75) is 0 Å². The molecule has 0 amide bonds. The first kappa shape index (κ1) is 34.9. The Hall–Kier alpha value is -8.81. The number of benzene rings is 9. The van der Waals surface area contributed by atoms with Crippen LogP contribution in [0.1, 0.15) is 0 Å². The molecule has 0 spiro atoms. The highest BCUT2D eigenvalue weighted by atomic mass is 16.3. The molecule has 0 aliphatic heterocycles. The normalized spacial score (nSPS) is 12.1. The van der Waals surface area contributed by atoms with E-state index in [0.29, 0.717) is 17.5 Å². The zero-order valence-corrected chi connectivity index (χ0v) is 34.0. The summed E-state index contributed by atoms with van der Waals surface area (Å²) in [6.07, 6.45) is 0. The summed E-state index contributed by atoms with van der Waals surface area (Å²) in [5.74, 6) is 1.58. The van der Waals surface area contributed by atoms with Crippen LogP contribution in [-0.4, -0.2) is 19.5 Å². The number of para-hydroxylation sites is 6. The molecule has 0 bridgehead atoms. The van der Waals surface area contributed by atoms with Crippen LogP contribution in [0, 0.1) is 0 Å². The maximum atomic E-state index is 6.95. The van der Waals surface area contributed by atoms with Gasteiger partial charge in [0.2, 0.25) is 0 Å². The van der Waals surface area contributed by atoms with E-state index < -0.39 is 0 Å². The largest absolute Gasteiger partial charge is 0.456 e. The van der Waals surface area contributed by atoms with Gasteiger partial charge < -0.3 is 17.8 Å². The molecule has 298 valence electrons. The van der Waals surface area contributed by atoms with Crippen molar-refractivity contribution in [2.75, 3.05) is 0 Å². The van der Waals surface area contributed by atoms with Gasteiger partial charge in [0.25, 0.3) is 0 Å². The van der Waals surface area contributed by atoms with Gasteiger partial charge in [-0.2, -0.15) is 0 Å². The number of rotatable bonds is 5. The Balaban J connectivity index is 0.997. The van der Waals surface area contributed by atoms with Crippen molar-refractivity contribution in [1.82, 2.24) is 19.5 Å². The van der Waals surface area contributed by atoms with E-state index in [1.807, 2.05) is 60.7 Å². The van der Waals surface area contributed by atoms with Crippen LogP contribution in [0.4, 0.5) is 0 Å². The number of fused-ring (bicyclic) bond motifs is 12. The highest BCUT2D eigenvalue weighted by molar-refractivity contribution is 6.19. The maximum Gasteiger partial charge on any atom is 0.164 e. The topological polar surface area (TPSA) is 83.0 Å². The SMILES string of the molecule is c1ccc(-n2c3ccccc3c3cccc(-c4cccc5c4oc4cccc(-c6nc(-c7ccc8c(c7)oc7ccccc78)nc(-c7ccc8c(c7)oc7ccccc78)n6)c45)c32)cc1. The Kier molecular flexibility index (Phi) is 7.27. The Morgan fingerprint density at radius 3 is 1.55 bits per heavy atom. The number of hydrogen-bond acceptors (Lipinski definition) is 6. The van der Waals surface area contributed by atoms with Crippen LogP contribution in [0.15, 0.2) is 207 Å². The van der Waals surface area contributed by atoms with Gasteiger partial charge in [-0.25, -0.2) is 15.0 Å². The summed E-state index contributed by atoms with van der Waals surface area (Å²) in [6, 6.07) is 66.8. The van der Waals surface area contributed by atoms with Crippen molar-refractivity contribution in [3.05, 3.63) is 194 Å². The van der Waals surface area contributed by atoms with E-state index in [2.05, 4.69) is 138 Å². The van der Waals surface area contributed by atoms with Crippen LogP contribution in [0.3, 0.4) is 0 Å². The summed E-state index contributed by atoms with van der Waals surface area (Å²) in [6.45, 7) is 0. The lowest BCUT2D eigenvalue weighted by molar-refractivity contribution is 0.668. The molecule has 0 aliphatic rings. The quantitative estimate of drug-likeness (QED) is 0.172. The van der Waals surface area contributed by atoms with Crippen molar-refractivity contribution in [3.8, 4) is 51.0 Å². The summed E-state index contributed by atoms with van der Waals surface area (Å²) in [7, 11) is 0. The fourth-order valence-electron chi connectivity index (χ4n) is 9.81. The first-order chi connectivity index (χ1) is 31.7. The van der Waals surface area contributed by atoms with Crippen LogP contribution >= 0.6 is 0 Å². The minimum absolute atomic E-state index is 0.526. The second kappa shape index (κ2) is 13.3. The van der Waals surface area contributed by atoms with Gasteiger partial charge in [0.15, 0.2) is 17.5 Å². The van der Waals surface area contributed by atoms with Crippen molar-refractivity contribution in [2.24, 2.45) is 0 Å². The number of hydrogen-bond donors (Lipinski definition) is 0. The molecule has 0 fully saturated rings. The van der Waals surface area contributed by atoms with Crippen LogP contribution in [0.25, 0.3) is 139 Å². The number of nitrogens with zero attached hydrogens (tertiary/aromatic N) is 4. The maximum absolute atomic E-state index is 6.95. The predicted molar refractivity (Wildman–Crippen MR) is 258 cm³/mol. The van der Waals surface area contributed by atoms with E-state index >= 15 is 0 Å². The van der Waals surface area contributed by atoms with Crippen LogP contribution < -0.4 is 0 Å². The van der Waals surface area contributed by atoms with Crippen LogP contribution in [0.5, 0.6) is 0 Å². The Labute approximate surface area is 364 Å². The van der Waals surface area contributed by atoms with Crippen LogP contribution in [-0.2, 0) is 0 Å². The van der Waals surface area contributed by atoms with E-state index in [4.69, 9.17) is 28.2 Å². The molecule has 0 aliphatic carbocycles. The molecule has 9 aromatic carbocycles. The molecule has 7 heteroatoms. The Bertz CT molecular complexity index is 4080. The summed E-state index contributed by atoms with van der Waals surface area (Å²) in [4.78, 5) is 15.7. The van der Waals surface area contributed by atoms with E-state index in [1.54, 1.807) is 0 Å². The van der Waals surface area contributed by atoms with E-state index in [9.17, 15) is 0 Å². The van der Waals surface area contributed by atoms with E-state index in [1.165, 1.54) is 10.8 Å². The summed E-state index contributed by atoms with van der Waals surface area (Å²) in [5.41, 5.74) is 12.7. The monoisotopic (exact) mass is 820 g/mol. The van der Waals surface area contributed by atoms with Gasteiger partial charge in [-0.3, -0.25) is 0 Å². The third-order valence-electron chi connectivity index (χ3n) is 12.7. The lowest BCUT2D eigenvalue weighted by Crippen LogP contribution is -2.00. The van der Waals surface area contributed by atoms with E-state index in [-0.39, 0.29) is 0 Å². The Morgan fingerprint density at radius 1 is 0.328 bits per heavy atom. The molecule has 64 heavy (non-hydrogen) atoms. The summed E-state index contributed by atoms with van der Waals surface area (Å²) < 4.78 is 22.0. The van der Waals surface area contributed by atoms with Crippen LogP contribution in [0.2, 0.25) is 0 Å². The Morgan fingerprint density at radius 2 is 0.844 bits per heavy atom. The lowest BCUT2D eigenvalue weighted by Gasteiger charge is -2.12. The number of furan rings is 3. The molecule has 14 aromatic rings. The standard InChI is InChI=1S/C57H32N4O3/c1-2-13-35(14-3-1)61-46-23-7-4-15-36(46)41-18-10-19-42(53(41)61)43-20-11-21-44-52-45(22-12-26-49(52)64-54(43)44)57-59-55(33-27-29-39-37-16-5-8-24-47(37)62-50(39)31-33)58-56(60-57)34-28-30-40-38-17-6-9-25-48(38)63-51(40)32-34/h1-32H. The fourth-order valence-corrected chi connectivity index (χ4v) is 9.81. The average molecular weight is 821 g/mol. The molecule has 5 aromatic heterocycles. The van der Waals surface area contributed by atoms with Gasteiger partial charge in [0, 0.05) is 76.6 Å². The average Bonchev–Trinajstić information content (AvgIpc) is 4.12. The van der Waals surface area contributed by atoms with Gasteiger partial charge in [-0.1, -0.05) is 133 Å². The smallest absolute Gasteiger partial charge is 0.164 e. The third kappa shape index (κ3) is 5.12. The van der Waals surface area contributed by atoms with Gasteiger partial charge >= 0.3 is 0 Å². The highest BCUT2D eigenvalue weighted by Crippen LogP contribution is 2.44. The third-order valence-corrected chi connectivity index (χ3v) is 12.7.